The molecule has 2 aromatic carbocycles. The molecule has 1 amide bonds. The van der Waals surface area contributed by atoms with Gasteiger partial charge in [-0.3, -0.25) is 9.00 Å². The Kier molecular flexibility index (Phi) is 7.20. The van der Waals surface area contributed by atoms with E-state index in [1.165, 1.54) is 19.1 Å². The van der Waals surface area contributed by atoms with Crippen LogP contribution in [0, 0.1) is 0 Å². The first kappa shape index (κ1) is 20.4. The fraction of sp³-hybridized carbons (Fsp3) is 0.222. The van der Waals surface area contributed by atoms with Crippen LogP contribution in [-0.4, -0.2) is 27.9 Å². The largest absolute Gasteiger partial charge is 0.449 e. The number of amides is 1. The van der Waals surface area contributed by atoms with Crippen molar-refractivity contribution >= 4 is 51.6 Å². The Labute approximate surface area is 164 Å². The Balaban J connectivity index is 2.11. The molecule has 0 heterocycles. The van der Waals surface area contributed by atoms with Gasteiger partial charge in [-0.15, -0.1) is 0 Å². The zero-order chi connectivity index (χ0) is 19.3. The molecule has 0 bridgehead atoms. The summed E-state index contributed by atoms with van der Waals surface area (Å²) in [6.07, 6.45) is -1.08. The van der Waals surface area contributed by atoms with E-state index >= 15 is 0 Å². The molecule has 0 radical (unpaired) electrons. The molecule has 2 aromatic rings. The van der Waals surface area contributed by atoms with E-state index in [-0.39, 0.29) is 5.56 Å². The Bertz CT molecular complexity index is 857. The van der Waals surface area contributed by atoms with Crippen LogP contribution in [0.4, 0.5) is 5.69 Å². The van der Waals surface area contributed by atoms with Crippen LogP contribution in [0.5, 0.6) is 0 Å². The van der Waals surface area contributed by atoms with E-state index in [0.29, 0.717) is 26.4 Å². The molecule has 0 aromatic heterocycles. The van der Waals surface area contributed by atoms with E-state index in [4.69, 9.17) is 27.9 Å². The molecule has 26 heavy (non-hydrogen) atoms. The second-order valence-electron chi connectivity index (χ2n) is 5.29. The first-order valence-electron chi connectivity index (χ1n) is 7.77. The molecule has 2 rings (SSSR count). The van der Waals surface area contributed by atoms with Gasteiger partial charge in [-0.1, -0.05) is 42.3 Å². The summed E-state index contributed by atoms with van der Waals surface area (Å²) in [5, 5.41) is 3.28. The Morgan fingerprint density at radius 2 is 1.88 bits per heavy atom. The van der Waals surface area contributed by atoms with Crippen LogP contribution in [0.1, 0.15) is 24.2 Å². The summed E-state index contributed by atoms with van der Waals surface area (Å²) in [5.74, 6) is -0.910. The average Bonchev–Trinajstić information content (AvgIpc) is 2.63. The number of benzene rings is 2. The standard InChI is InChI=1S/C18H17Cl2NO4S/c1-3-26(24)16-7-5-4-6-13(16)18(23)25-11(2)17(22)21-15-10-12(19)8-9-14(15)20/h4-11H,3H2,1-2H3,(H,21,22)/t11-,26-/m0/s1. The first-order valence-corrected chi connectivity index (χ1v) is 9.85. The molecule has 1 N–H and O–H groups in total. The van der Waals surface area contributed by atoms with Crippen molar-refractivity contribution in [2.45, 2.75) is 24.8 Å². The number of nitrogens with one attached hydrogen (secondary N) is 1. The van der Waals surface area contributed by atoms with Gasteiger partial charge in [-0.25, -0.2) is 4.79 Å². The zero-order valence-electron chi connectivity index (χ0n) is 14.1. The molecule has 138 valence electrons. The van der Waals surface area contributed by atoms with E-state index < -0.39 is 28.8 Å². The van der Waals surface area contributed by atoms with Crippen molar-refractivity contribution in [1.82, 2.24) is 0 Å². The highest BCUT2D eigenvalue weighted by molar-refractivity contribution is 7.85. The fourth-order valence-electron chi connectivity index (χ4n) is 2.09. The van der Waals surface area contributed by atoms with Crippen LogP contribution in [0.2, 0.25) is 10.0 Å². The predicted octanol–water partition coefficient (Wildman–Crippen LogP) is 4.30. The van der Waals surface area contributed by atoms with Gasteiger partial charge in [-0.2, -0.15) is 0 Å². The van der Waals surface area contributed by atoms with Gasteiger partial charge in [0, 0.05) is 10.8 Å². The third-order valence-electron chi connectivity index (χ3n) is 3.45. The molecule has 0 aliphatic rings. The third kappa shape index (κ3) is 5.06. The summed E-state index contributed by atoms with van der Waals surface area (Å²) in [5.41, 5.74) is 0.493. The highest BCUT2D eigenvalue weighted by atomic mass is 35.5. The SMILES string of the molecule is CC[S@](=O)c1ccccc1C(=O)O[C@@H](C)C(=O)Nc1cc(Cl)ccc1Cl. The summed E-state index contributed by atoms with van der Waals surface area (Å²) in [4.78, 5) is 25.0. The normalized spacial score (nSPS) is 12.9. The second kappa shape index (κ2) is 9.16. The van der Waals surface area contributed by atoms with Crippen molar-refractivity contribution in [1.29, 1.82) is 0 Å². The van der Waals surface area contributed by atoms with E-state index in [1.54, 1.807) is 37.3 Å². The minimum absolute atomic E-state index is 0.174. The molecule has 0 aliphatic carbocycles. The second-order valence-corrected chi connectivity index (χ2v) is 7.84. The zero-order valence-corrected chi connectivity index (χ0v) is 16.5. The van der Waals surface area contributed by atoms with Crippen molar-refractivity contribution < 1.29 is 18.5 Å². The summed E-state index contributed by atoms with van der Waals surface area (Å²) < 4.78 is 17.3. The first-order chi connectivity index (χ1) is 12.3. The number of rotatable bonds is 6. The number of hydrogen-bond acceptors (Lipinski definition) is 4. The number of carbonyl (C=O) groups excluding carboxylic acids is 2. The molecule has 0 fully saturated rings. The van der Waals surface area contributed by atoms with Gasteiger partial charge in [0.25, 0.3) is 5.91 Å². The quantitative estimate of drug-likeness (QED) is 0.716. The predicted molar refractivity (Wildman–Crippen MR) is 103 cm³/mol. The van der Waals surface area contributed by atoms with Crippen LogP contribution in [-0.2, 0) is 20.3 Å². The molecular weight excluding hydrogens is 397 g/mol. The van der Waals surface area contributed by atoms with Crippen LogP contribution in [0.3, 0.4) is 0 Å². The third-order valence-corrected chi connectivity index (χ3v) is 5.39. The Hall–Kier alpha value is -1.89. The lowest BCUT2D eigenvalue weighted by molar-refractivity contribution is -0.123. The maximum absolute atomic E-state index is 12.4. The topological polar surface area (TPSA) is 72.5 Å². The number of esters is 1. The van der Waals surface area contributed by atoms with Crippen LogP contribution in [0.15, 0.2) is 47.4 Å². The molecule has 0 unspecified atom stereocenters. The fourth-order valence-corrected chi connectivity index (χ4v) is 3.37. The van der Waals surface area contributed by atoms with Gasteiger partial charge in [-0.05, 0) is 37.3 Å². The summed E-state index contributed by atoms with van der Waals surface area (Å²) in [6.45, 7) is 3.19. The highest BCUT2D eigenvalue weighted by Gasteiger charge is 2.22. The van der Waals surface area contributed by atoms with Crippen molar-refractivity contribution in [2.75, 3.05) is 11.1 Å². The highest BCUT2D eigenvalue weighted by Crippen LogP contribution is 2.25. The van der Waals surface area contributed by atoms with Crippen LogP contribution in [0.25, 0.3) is 0 Å². The smallest absolute Gasteiger partial charge is 0.340 e. The van der Waals surface area contributed by atoms with E-state index in [9.17, 15) is 13.8 Å². The molecular formula is C18H17Cl2NO4S. The van der Waals surface area contributed by atoms with Crippen molar-refractivity contribution in [3.63, 3.8) is 0 Å². The van der Waals surface area contributed by atoms with Gasteiger partial charge >= 0.3 is 5.97 Å². The molecule has 0 spiro atoms. The average molecular weight is 414 g/mol. The maximum Gasteiger partial charge on any atom is 0.340 e. The lowest BCUT2D eigenvalue weighted by atomic mass is 10.2. The van der Waals surface area contributed by atoms with Gasteiger partial charge in [0.15, 0.2) is 6.10 Å². The van der Waals surface area contributed by atoms with Crippen molar-refractivity contribution in [3.8, 4) is 0 Å². The van der Waals surface area contributed by atoms with Gasteiger partial charge < -0.3 is 10.1 Å². The van der Waals surface area contributed by atoms with E-state index in [1.807, 2.05) is 0 Å². The van der Waals surface area contributed by atoms with Crippen molar-refractivity contribution in [3.05, 3.63) is 58.1 Å². The number of hydrogen-bond donors (Lipinski definition) is 1. The van der Waals surface area contributed by atoms with Crippen LogP contribution >= 0.6 is 23.2 Å². The molecule has 0 saturated carbocycles. The van der Waals surface area contributed by atoms with E-state index in [0.717, 1.165) is 0 Å². The summed E-state index contributed by atoms with van der Waals surface area (Å²) in [6, 6.07) is 11.1. The minimum atomic E-state index is -1.32. The van der Waals surface area contributed by atoms with E-state index in [2.05, 4.69) is 5.32 Å². The van der Waals surface area contributed by atoms with Crippen molar-refractivity contribution in [2.24, 2.45) is 0 Å². The minimum Gasteiger partial charge on any atom is -0.449 e. The lowest BCUT2D eigenvalue weighted by Crippen LogP contribution is -2.30. The molecule has 0 saturated heterocycles. The van der Waals surface area contributed by atoms with Gasteiger partial charge in [0.2, 0.25) is 0 Å². The number of carbonyl (C=O) groups is 2. The maximum atomic E-state index is 12.4. The molecule has 2 atom stereocenters. The number of halogens is 2. The number of ether oxygens (including phenoxy) is 1. The molecule has 0 aliphatic heterocycles. The van der Waals surface area contributed by atoms with Crippen LogP contribution < -0.4 is 5.32 Å². The Morgan fingerprint density at radius 3 is 2.58 bits per heavy atom. The molecule has 5 nitrogen and oxygen atoms in total. The lowest BCUT2D eigenvalue weighted by Gasteiger charge is -2.15. The summed E-state index contributed by atoms with van der Waals surface area (Å²) in [7, 11) is -1.32. The number of anilines is 1. The van der Waals surface area contributed by atoms with Gasteiger partial charge in [0.05, 0.1) is 32.0 Å². The monoisotopic (exact) mass is 413 g/mol. The van der Waals surface area contributed by atoms with Gasteiger partial charge in [0.1, 0.15) is 0 Å². The summed E-state index contributed by atoms with van der Waals surface area (Å²) >= 11 is 11.9. The molecule has 8 heteroatoms. The Morgan fingerprint density at radius 1 is 1.19 bits per heavy atom.